The lowest BCUT2D eigenvalue weighted by molar-refractivity contribution is 0.221. The van der Waals surface area contributed by atoms with E-state index in [9.17, 15) is 10.2 Å². The van der Waals surface area contributed by atoms with Crippen molar-refractivity contribution in [3.63, 3.8) is 0 Å². The lowest BCUT2D eigenvalue weighted by atomic mass is 9.84. The third-order valence-electron chi connectivity index (χ3n) is 10.7. The van der Waals surface area contributed by atoms with Crippen LogP contribution in [0.15, 0.2) is 72.8 Å². The van der Waals surface area contributed by atoms with Crippen LogP contribution >= 0.6 is 0 Å². The summed E-state index contributed by atoms with van der Waals surface area (Å²) in [7, 11) is 4.20. The molecule has 0 heterocycles. The van der Waals surface area contributed by atoms with Gasteiger partial charge in [0.2, 0.25) is 0 Å². The van der Waals surface area contributed by atoms with Gasteiger partial charge in [0, 0.05) is 60.3 Å². The molecule has 0 aromatic heterocycles. The van der Waals surface area contributed by atoms with Crippen molar-refractivity contribution in [2.75, 3.05) is 27.2 Å². The van der Waals surface area contributed by atoms with Crippen LogP contribution < -0.4 is 0 Å². The molecule has 2 aliphatic carbocycles. The van der Waals surface area contributed by atoms with E-state index in [1.165, 1.54) is 33.4 Å². The third kappa shape index (κ3) is 6.10. The van der Waals surface area contributed by atoms with Crippen LogP contribution in [-0.4, -0.2) is 47.2 Å². The first-order valence-electron chi connectivity index (χ1n) is 17.0. The second kappa shape index (κ2) is 12.2. The highest BCUT2D eigenvalue weighted by atomic mass is 16.3. The molecule has 0 bridgehead atoms. The number of aryl methyl sites for hydroxylation is 2. The molecule has 4 nitrogen and oxygen atoms in total. The largest absolute Gasteiger partial charge is 0.507 e. The standard InChI is InChI=1S/C42H52N2O2/c1-27-19-29(39(45)33(21-27)35-23-41(3,4)37-15-11-9-13-31(35)37)25-44(18-17-43(7)8)26-30-20-28(2)22-34(40(30)46)36-24-42(5,6)38-16-12-10-14-32(36)38/h9-16,19-22,35-36,45-46H,17-18,23-26H2,1-8H3. The van der Waals surface area contributed by atoms with Crippen LogP contribution in [0, 0.1) is 13.8 Å². The molecular weight excluding hydrogens is 564 g/mol. The minimum Gasteiger partial charge on any atom is -0.507 e. The molecule has 0 saturated carbocycles. The first-order valence-corrected chi connectivity index (χ1v) is 17.0. The molecular formula is C42H52N2O2. The first-order chi connectivity index (χ1) is 21.7. The zero-order valence-corrected chi connectivity index (χ0v) is 29.1. The number of fused-ring (bicyclic) bond motifs is 2. The Morgan fingerprint density at radius 2 is 1.02 bits per heavy atom. The van der Waals surface area contributed by atoms with E-state index < -0.39 is 0 Å². The van der Waals surface area contributed by atoms with Crippen molar-refractivity contribution in [3.05, 3.63) is 128 Å². The molecule has 2 atom stereocenters. The lowest BCUT2D eigenvalue weighted by Crippen LogP contribution is -2.31. The minimum atomic E-state index is 0.0603. The summed E-state index contributed by atoms with van der Waals surface area (Å²) in [5.74, 6) is 1.16. The molecule has 46 heavy (non-hydrogen) atoms. The first kappa shape index (κ1) is 32.3. The average molecular weight is 617 g/mol. The summed E-state index contributed by atoms with van der Waals surface area (Å²) in [5.41, 5.74) is 11.9. The van der Waals surface area contributed by atoms with Gasteiger partial charge < -0.3 is 15.1 Å². The zero-order valence-electron chi connectivity index (χ0n) is 29.1. The highest BCUT2D eigenvalue weighted by molar-refractivity contribution is 5.55. The molecule has 2 unspecified atom stereocenters. The fourth-order valence-corrected chi connectivity index (χ4v) is 8.43. The van der Waals surface area contributed by atoms with Crippen LogP contribution in [0.2, 0.25) is 0 Å². The topological polar surface area (TPSA) is 46.9 Å². The van der Waals surface area contributed by atoms with Crippen molar-refractivity contribution in [1.82, 2.24) is 9.80 Å². The monoisotopic (exact) mass is 616 g/mol. The van der Waals surface area contributed by atoms with Crippen LogP contribution in [-0.2, 0) is 23.9 Å². The maximum absolute atomic E-state index is 11.9. The average Bonchev–Trinajstić information content (AvgIpc) is 3.44. The summed E-state index contributed by atoms with van der Waals surface area (Å²) in [5, 5.41) is 23.8. The fourth-order valence-electron chi connectivity index (χ4n) is 8.43. The zero-order chi connectivity index (χ0) is 33.0. The number of nitrogens with zero attached hydrogens (tertiary/aromatic N) is 2. The lowest BCUT2D eigenvalue weighted by Gasteiger charge is -2.27. The summed E-state index contributed by atoms with van der Waals surface area (Å²) in [6.07, 6.45) is 1.96. The summed E-state index contributed by atoms with van der Waals surface area (Å²) >= 11 is 0. The molecule has 6 rings (SSSR count). The van der Waals surface area contributed by atoms with Crippen molar-refractivity contribution >= 4 is 0 Å². The van der Waals surface area contributed by atoms with E-state index in [4.69, 9.17) is 0 Å². The third-order valence-corrected chi connectivity index (χ3v) is 10.7. The van der Waals surface area contributed by atoms with Gasteiger partial charge in [-0.2, -0.15) is 0 Å². The molecule has 0 saturated heterocycles. The number of rotatable bonds is 9. The maximum atomic E-state index is 11.9. The van der Waals surface area contributed by atoms with Gasteiger partial charge in [-0.25, -0.2) is 0 Å². The van der Waals surface area contributed by atoms with Crippen LogP contribution in [0.3, 0.4) is 0 Å². The highest BCUT2D eigenvalue weighted by Gasteiger charge is 2.40. The molecule has 0 aliphatic heterocycles. The van der Waals surface area contributed by atoms with Gasteiger partial charge in [0.05, 0.1) is 0 Å². The summed E-state index contributed by atoms with van der Waals surface area (Å²) < 4.78 is 0. The second-order valence-corrected chi connectivity index (χ2v) is 15.7. The van der Waals surface area contributed by atoms with Gasteiger partial charge in [0.1, 0.15) is 11.5 Å². The molecule has 0 amide bonds. The van der Waals surface area contributed by atoms with E-state index in [0.29, 0.717) is 24.6 Å². The quantitative estimate of drug-likeness (QED) is 0.197. The molecule has 4 aromatic carbocycles. The van der Waals surface area contributed by atoms with Crippen LogP contribution in [0.25, 0.3) is 0 Å². The van der Waals surface area contributed by atoms with Gasteiger partial charge in [0.25, 0.3) is 0 Å². The summed E-state index contributed by atoms with van der Waals surface area (Å²) in [6, 6.07) is 26.1. The van der Waals surface area contributed by atoms with Gasteiger partial charge >= 0.3 is 0 Å². The molecule has 242 valence electrons. The van der Waals surface area contributed by atoms with Crippen LogP contribution in [0.1, 0.15) is 108 Å². The van der Waals surface area contributed by atoms with Gasteiger partial charge in [-0.3, -0.25) is 4.90 Å². The van der Waals surface area contributed by atoms with Crippen molar-refractivity contribution < 1.29 is 10.2 Å². The van der Waals surface area contributed by atoms with E-state index >= 15 is 0 Å². The number of aromatic hydroxyl groups is 2. The number of hydrogen-bond acceptors (Lipinski definition) is 4. The van der Waals surface area contributed by atoms with Crippen LogP contribution in [0.4, 0.5) is 0 Å². The smallest absolute Gasteiger partial charge is 0.123 e. The number of benzene rings is 4. The highest BCUT2D eigenvalue weighted by Crippen LogP contribution is 2.52. The Balaban J connectivity index is 1.34. The Hall–Kier alpha value is -3.60. The Bertz CT molecular complexity index is 1630. The molecule has 4 heteroatoms. The number of likely N-dealkylation sites (N-methyl/N-ethyl adjacent to an activating group) is 1. The molecule has 0 spiro atoms. The SMILES string of the molecule is Cc1cc(CN(CCN(C)C)Cc2cc(C)cc(C3CC(C)(C)c4ccccc43)c2O)c(O)c(C2CC(C)(C)c3ccccc32)c1. The Kier molecular flexibility index (Phi) is 8.58. The fraction of sp³-hybridized carbons (Fsp3) is 0.429. The minimum absolute atomic E-state index is 0.0603. The summed E-state index contributed by atoms with van der Waals surface area (Å²) in [6.45, 7) is 16.5. The maximum Gasteiger partial charge on any atom is 0.123 e. The van der Waals surface area contributed by atoms with E-state index in [0.717, 1.165) is 48.2 Å². The molecule has 0 radical (unpaired) electrons. The van der Waals surface area contributed by atoms with Gasteiger partial charge in [-0.1, -0.05) is 112 Å². The van der Waals surface area contributed by atoms with Crippen molar-refractivity contribution in [2.24, 2.45) is 0 Å². The van der Waals surface area contributed by atoms with Crippen molar-refractivity contribution in [3.8, 4) is 11.5 Å². The Morgan fingerprint density at radius 3 is 1.43 bits per heavy atom. The Morgan fingerprint density at radius 1 is 0.609 bits per heavy atom. The summed E-state index contributed by atoms with van der Waals surface area (Å²) in [4.78, 5) is 4.58. The molecule has 2 aliphatic rings. The van der Waals surface area contributed by atoms with Crippen LogP contribution in [0.5, 0.6) is 11.5 Å². The van der Waals surface area contributed by atoms with E-state index in [1.54, 1.807) is 0 Å². The molecule has 0 fully saturated rings. The van der Waals surface area contributed by atoms with E-state index in [2.05, 4.69) is 138 Å². The van der Waals surface area contributed by atoms with Gasteiger partial charge in [-0.05, 0) is 73.9 Å². The number of hydrogen-bond donors (Lipinski definition) is 2. The molecule has 2 N–H and O–H groups in total. The van der Waals surface area contributed by atoms with Crippen molar-refractivity contribution in [2.45, 2.75) is 90.1 Å². The van der Waals surface area contributed by atoms with Crippen molar-refractivity contribution in [1.29, 1.82) is 0 Å². The number of phenols is 2. The molecule has 4 aromatic rings. The van der Waals surface area contributed by atoms with Gasteiger partial charge in [-0.15, -0.1) is 0 Å². The predicted molar refractivity (Wildman–Crippen MR) is 190 cm³/mol. The Labute approximate surface area is 276 Å². The van der Waals surface area contributed by atoms with E-state index in [1.807, 2.05) is 0 Å². The predicted octanol–water partition coefficient (Wildman–Crippen LogP) is 8.90. The normalized spacial score (nSPS) is 19.5. The number of phenolic OH excluding ortho intramolecular Hbond substituents is 2. The van der Waals surface area contributed by atoms with E-state index in [-0.39, 0.29) is 22.7 Å². The second-order valence-electron chi connectivity index (χ2n) is 15.7. The van der Waals surface area contributed by atoms with Gasteiger partial charge in [0.15, 0.2) is 0 Å².